The quantitative estimate of drug-likeness (QED) is 0.428. The van der Waals surface area contributed by atoms with Crippen molar-refractivity contribution in [3.05, 3.63) is 47.5 Å². The second kappa shape index (κ2) is 7.18. The molecule has 0 atom stereocenters. The molecule has 24 heavy (non-hydrogen) atoms. The zero-order chi connectivity index (χ0) is 16.9. The van der Waals surface area contributed by atoms with Crippen molar-refractivity contribution in [3.8, 4) is 0 Å². The van der Waals surface area contributed by atoms with Gasteiger partial charge in [-0.3, -0.25) is 9.78 Å². The topological polar surface area (TPSA) is 97.4 Å². The van der Waals surface area contributed by atoms with E-state index in [0.717, 1.165) is 11.4 Å². The van der Waals surface area contributed by atoms with Crippen LogP contribution in [0.25, 0.3) is 5.78 Å². The highest BCUT2D eigenvalue weighted by Crippen LogP contribution is 2.14. The molecule has 0 bridgehead atoms. The Kier molecular flexibility index (Phi) is 4.80. The molecule has 3 rings (SSSR count). The number of carbonyl (C=O) groups excluding carboxylic acids is 1. The van der Waals surface area contributed by atoms with Crippen LogP contribution in [0.4, 0.5) is 0 Å². The Bertz CT molecular complexity index is 891. The van der Waals surface area contributed by atoms with Crippen molar-refractivity contribution in [1.29, 1.82) is 0 Å². The Balaban J connectivity index is 1.56. The van der Waals surface area contributed by atoms with Crippen LogP contribution in [0, 0.1) is 13.8 Å². The third-order valence-corrected chi connectivity index (χ3v) is 3.84. The van der Waals surface area contributed by atoms with E-state index >= 15 is 0 Å². The number of aromatic nitrogens is 5. The van der Waals surface area contributed by atoms with Gasteiger partial charge in [-0.15, -0.1) is 5.10 Å². The number of hydrogen-bond acceptors (Lipinski definition) is 7. The number of pyridine rings is 1. The average molecular weight is 341 g/mol. The Morgan fingerprint density at radius 3 is 3.04 bits per heavy atom. The Hall–Kier alpha value is -2.81. The molecule has 122 valence electrons. The van der Waals surface area contributed by atoms with E-state index in [2.05, 4.69) is 30.6 Å². The minimum Gasteiger partial charge on any atom is -0.272 e. The average Bonchev–Trinajstić information content (AvgIpc) is 2.97. The summed E-state index contributed by atoms with van der Waals surface area (Å²) >= 11 is 1.23. The Morgan fingerprint density at radius 2 is 2.25 bits per heavy atom. The van der Waals surface area contributed by atoms with Crippen LogP contribution in [0.2, 0.25) is 0 Å². The second-order valence-corrected chi connectivity index (χ2v) is 5.92. The summed E-state index contributed by atoms with van der Waals surface area (Å²) in [6.07, 6.45) is 3.15. The molecular weight excluding hydrogens is 326 g/mol. The maximum absolute atomic E-state index is 11.8. The first-order valence-corrected chi connectivity index (χ1v) is 8.17. The maximum Gasteiger partial charge on any atom is 0.253 e. The van der Waals surface area contributed by atoms with E-state index < -0.39 is 0 Å². The number of nitrogens with zero attached hydrogens (tertiary/aromatic N) is 6. The highest BCUT2D eigenvalue weighted by Gasteiger charge is 2.10. The van der Waals surface area contributed by atoms with Crippen LogP contribution in [0.5, 0.6) is 0 Å². The molecule has 3 aromatic heterocycles. The van der Waals surface area contributed by atoms with E-state index in [1.165, 1.54) is 18.0 Å². The van der Waals surface area contributed by atoms with Crippen molar-refractivity contribution in [1.82, 2.24) is 30.0 Å². The molecule has 0 unspecified atom stereocenters. The molecule has 8 nitrogen and oxygen atoms in total. The number of aryl methyl sites for hydroxylation is 2. The molecule has 0 aliphatic heterocycles. The summed E-state index contributed by atoms with van der Waals surface area (Å²) in [5.41, 5.74) is 4.94. The van der Waals surface area contributed by atoms with Crippen molar-refractivity contribution >= 4 is 29.7 Å². The lowest BCUT2D eigenvalue weighted by Gasteiger charge is -1.97. The number of hydrazone groups is 1. The van der Waals surface area contributed by atoms with Crippen LogP contribution in [0.3, 0.4) is 0 Å². The normalized spacial score (nSPS) is 11.2. The minimum atomic E-state index is -0.244. The van der Waals surface area contributed by atoms with Gasteiger partial charge in [-0.2, -0.15) is 10.1 Å². The first-order chi connectivity index (χ1) is 11.6. The Labute approximate surface area is 142 Å². The van der Waals surface area contributed by atoms with Gasteiger partial charge in [0.1, 0.15) is 0 Å². The number of thioether (sulfide) groups is 1. The van der Waals surface area contributed by atoms with E-state index in [0.29, 0.717) is 16.6 Å². The molecule has 0 aliphatic carbocycles. The molecule has 1 amide bonds. The minimum absolute atomic E-state index is 0.161. The molecule has 0 aromatic carbocycles. The van der Waals surface area contributed by atoms with Gasteiger partial charge in [-0.05, 0) is 32.0 Å². The van der Waals surface area contributed by atoms with Gasteiger partial charge in [-0.25, -0.2) is 14.9 Å². The van der Waals surface area contributed by atoms with Crippen molar-refractivity contribution in [2.45, 2.75) is 19.0 Å². The fourth-order valence-electron chi connectivity index (χ4n) is 1.99. The number of nitrogens with one attached hydrogen (secondary N) is 1. The summed E-state index contributed by atoms with van der Waals surface area (Å²) in [6.45, 7) is 3.84. The molecule has 0 fully saturated rings. The van der Waals surface area contributed by atoms with Gasteiger partial charge >= 0.3 is 0 Å². The first kappa shape index (κ1) is 16.1. The lowest BCUT2D eigenvalue weighted by atomic mass is 10.4. The number of carbonyl (C=O) groups is 1. The maximum atomic E-state index is 11.8. The number of amides is 1. The van der Waals surface area contributed by atoms with Gasteiger partial charge in [0, 0.05) is 17.6 Å². The number of hydrogen-bond donors (Lipinski definition) is 1. The van der Waals surface area contributed by atoms with E-state index in [1.54, 1.807) is 16.8 Å². The summed E-state index contributed by atoms with van der Waals surface area (Å²) < 4.78 is 1.66. The molecule has 0 saturated heterocycles. The second-order valence-electron chi connectivity index (χ2n) is 4.98. The van der Waals surface area contributed by atoms with Gasteiger partial charge in [0.05, 0.1) is 17.7 Å². The fourth-order valence-corrected chi connectivity index (χ4v) is 2.60. The summed E-state index contributed by atoms with van der Waals surface area (Å²) in [6, 6.07) is 7.38. The molecule has 9 heteroatoms. The van der Waals surface area contributed by atoms with Gasteiger partial charge in [0.15, 0.2) is 0 Å². The highest BCUT2D eigenvalue weighted by atomic mass is 32.2. The van der Waals surface area contributed by atoms with E-state index in [1.807, 2.05) is 32.0 Å². The van der Waals surface area contributed by atoms with Crippen LogP contribution in [0.15, 0.2) is 40.7 Å². The van der Waals surface area contributed by atoms with Gasteiger partial charge in [0.2, 0.25) is 5.16 Å². The predicted octanol–water partition coefficient (Wildman–Crippen LogP) is 1.38. The summed E-state index contributed by atoms with van der Waals surface area (Å²) in [5.74, 6) is 0.449. The predicted molar refractivity (Wildman–Crippen MR) is 91.0 cm³/mol. The molecule has 1 N–H and O–H groups in total. The van der Waals surface area contributed by atoms with E-state index in [-0.39, 0.29) is 11.7 Å². The number of fused-ring (bicyclic) bond motifs is 1. The summed E-state index contributed by atoms with van der Waals surface area (Å²) in [5, 5.41) is 8.69. The smallest absolute Gasteiger partial charge is 0.253 e. The van der Waals surface area contributed by atoms with Gasteiger partial charge in [0.25, 0.3) is 11.7 Å². The van der Waals surface area contributed by atoms with Crippen LogP contribution in [-0.4, -0.2) is 42.4 Å². The standard InChI is InChI=1S/C15H15N7OS/c1-10-7-11(2)22-14(18-10)19-15(21-22)24-9-13(23)20-17-8-12-5-3-4-6-16-12/h3-8H,9H2,1-2H3,(H,20,23)/b17-8-. The van der Waals surface area contributed by atoms with Crippen molar-refractivity contribution in [2.75, 3.05) is 5.75 Å². The van der Waals surface area contributed by atoms with Crippen LogP contribution >= 0.6 is 11.8 Å². The zero-order valence-electron chi connectivity index (χ0n) is 13.2. The lowest BCUT2D eigenvalue weighted by molar-refractivity contribution is -0.118. The highest BCUT2D eigenvalue weighted by molar-refractivity contribution is 7.99. The molecule has 3 aromatic rings. The van der Waals surface area contributed by atoms with Crippen molar-refractivity contribution in [2.24, 2.45) is 5.10 Å². The zero-order valence-corrected chi connectivity index (χ0v) is 14.0. The summed E-state index contributed by atoms with van der Waals surface area (Å²) in [4.78, 5) is 24.5. The van der Waals surface area contributed by atoms with Crippen LogP contribution in [0.1, 0.15) is 17.1 Å². The number of rotatable bonds is 5. The summed E-state index contributed by atoms with van der Waals surface area (Å²) in [7, 11) is 0. The molecule has 0 aliphatic rings. The fraction of sp³-hybridized carbons (Fsp3) is 0.200. The first-order valence-electron chi connectivity index (χ1n) is 7.18. The Morgan fingerprint density at radius 1 is 1.38 bits per heavy atom. The van der Waals surface area contributed by atoms with Crippen molar-refractivity contribution in [3.63, 3.8) is 0 Å². The third kappa shape index (κ3) is 3.93. The van der Waals surface area contributed by atoms with Gasteiger partial charge < -0.3 is 0 Å². The lowest BCUT2D eigenvalue weighted by Crippen LogP contribution is -2.19. The molecular formula is C15H15N7OS. The molecule has 0 spiro atoms. The van der Waals surface area contributed by atoms with E-state index in [4.69, 9.17) is 0 Å². The third-order valence-electron chi connectivity index (χ3n) is 3.01. The largest absolute Gasteiger partial charge is 0.272 e. The van der Waals surface area contributed by atoms with E-state index in [9.17, 15) is 4.79 Å². The van der Waals surface area contributed by atoms with Crippen LogP contribution in [-0.2, 0) is 4.79 Å². The van der Waals surface area contributed by atoms with Crippen LogP contribution < -0.4 is 5.43 Å². The monoisotopic (exact) mass is 341 g/mol. The van der Waals surface area contributed by atoms with Gasteiger partial charge in [-0.1, -0.05) is 17.8 Å². The molecule has 3 heterocycles. The molecule has 0 saturated carbocycles. The molecule has 0 radical (unpaired) electrons. The van der Waals surface area contributed by atoms with Crippen molar-refractivity contribution < 1.29 is 4.79 Å². The SMILES string of the molecule is Cc1cc(C)n2nc(SCC(=O)N/N=C\c3ccccn3)nc2n1.